The van der Waals surface area contributed by atoms with Crippen LogP contribution in [0.4, 0.5) is 0 Å². The second kappa shape index (κ2) is 12.8. The number of hydrogen-bond donors (Lipinski definition) is 0. The van der Waals surface area contributed by atoms with Gasteiger partial charge in [-0.2, -0.15) is 0 Å². The number of benzene rings is 6. The average molecular weight is 681 g/mol. The maximum Gasteiger partial charge on any atom is 0.161 e. The summed E-state index contributed by atoms with van der Waals surface area (Å²) in [5, 5.41) is 3.66. The molecular weight excluding hydrogens is 645 g/mol. The maximum absolute atomic E-state index is 5.40. The number of allylic oxidation sites excluding steroid dienone is 4. The maximum atomic E-state index is 5.40. The molecule has 1 unspecified atom stereocenters. The fourth-order valence-corrected chi connectivity index (χ4v) is 7.97. The van der Waals surface area contributed by atoms with Crippen LogP contribution in [-0.4, -0.2) is 19.1 Å². The lowest BCUT2D eigenvalue weighted by Crippen LogP contribution is -2.07. The van der Waals surface area contributed by atoms with Crippen LogP contribution in [0, 0.1) is 5.92 Å². The molecule has 0 saturated heterocycles. The van der Waals surface area contributed by atoms with Gasteiger partial charge in [0, 0.05) is 50.2 Å². The normalized spacial score (nSPS) is 14.3. The Morgan fingerprint density at radius 2 is 1.11 bits per heavy atom. The summed E-state index contributed by atoms with van der Waals surface area (Å²) in [6.45, 7) is 2.24. The highest BCUT2D eigenvalue weighted by Crippen LogP contribution is 2.44. The summed E-state index contributed by atoms with van der Waals surface area (Å²) in [5.41, 5.74) is 12.1. The van der Waals surface area contributed by atoms with E-state index in [1.54, 1.807) is 0 Å². The highest BCUT2D eigenvalue weighted by atomic mass is 15.1. The number of fused-ring (bicyclic) bond motifs is 4. The summed E-state index contributed by atoms with van der Waals surface area (Å²) in [4.78, 5) is 10.6. The molecular formula is C49H36N4. The minimum absolute atomic E-state index is 0.491. The zero-order valence-corrected chi connectivity index (χ0v) is 29.4. The van der Waals surface area contributed by atoms with Gasteiger partial charge in [-0.1, -0.05) is 153 Å². The van der Waals surface area contributed by atoms with Crippen molar-refractivity contribution in [3.63, 3.8) is 0 Å². The minimum atomic E-state index is 0.491. The molecule has 0 fully saturated rings. The van der Waals surface area contributed by atoms with E-state index in [0.717, 1.165) is 62.9 Å². The molecule has 0 bridgehead atoms. The molecule has 4 nitrogen and oxygen atoms in total. The van der Waals surface area contributed by atoms with Crippen LogP contribution in [0.5, 0.6) is 0 Å². The Labute approximate surface area is 308 Å². The summed E-state index contributed by atoms with van der Waals surface area (Å²) in [5.74, 6) is 2.05. The molecule has 0 N–H and O–H groups in total. The van der Waals surface area contributed by atoms with Crippen LogP contribution in [0.3, 0.4) is 0 Å². The van der Waals surface area contributed by atoms with Crippen LogP contribution in [0.1, 0.15) is 19.2 Å². The van der Waals surface area contributed by atoms with E-state index < -0.39 is 0 Å². The fourth-order valence-electron chi connectivity index (χ4n) is 7.97. The Morgan fingerprint density at radius 3 is 1.77 bits per heavy atom. The first kappa shape index (κ1) is 31.0. The summed E-state index contributed by atoms with van der Waals surface area (Å²) in [6.07, 6.45) is 7.68. The monoisotopic (exact) mass is 680 g/mol. The predicted molar refractivity (Wildman–Crippen MR) is 220 cm³/mol. The van der Waals surface area contributed by atoms with Gasteiger partial charge in [0.2, 0.25) is 0 Å². The van der Waals surface area contributed by atoms with Gasteiger partial charge in [0.15, 0.2) is 5.82 Å². The molecule has 3 heterocycles. The van der Waals surface area contributed by atoms with Gasteiger partial charge >= 0.3 is 0 Å². The lowest BCUT2D eigenvalue weighted by atomic mass is 9.98. The molecule has 1 aliphatic rings. The van der Waals surface area contributed by atoms with Gasteiger partial charge in [-0.15, -0.1) is 0 Å². The number of hydrogen-bond acceptors (Lipinski definition) is 2. The Balaban J connectivity index is 1.28. The summed E-state index contributed by atoms with van der Waals surface area (Å²) in [6, 6.07) is 58.4. The number of para-hydroxylation sites is 3. The molecule has 1 atom stereocenters. The van der Waals surface area contributed by atoms with Crippen molar-refractivity contribution in [3.8, 4) is 45.1 Å². The molecule has 6 aromatic carbocycles. The fraction of sp³-hybridized carbons (Fsp3) is 0.0612. The number of aromatic nitrogens is 4. The van der Waals surface area contributed by atoms with Crippen molar-refractivity contribution < 1.29 is 0 Å². The third-order valence-electron chi connectivity index (χ3n) is 10.5. The van der Waals surface area contributed by atoms with Crippen molar-refractivity contribution in [1.82, 2.24) is 19.1 Å². The first-order chi connectivity index (χ1) is 26.2. The summed E-state index contributed by atoms with van der Waals surface area (Å²) >= 11 is 0. The predicted octanol–water partition coefficient (Wildman–Crippen LogP) is 12.5. The largest absolute Gasteiger partial charge is 0.309 e. The van der Waals surface area contributed by atoms with Crippen molar-refractivity contribution in [3.05, 3.63) is 188 Å². The highest BCUT2D eigenvalue weighted by molar-refractivity contribution is 6.10. The van der Waals surface area contributed by atoms with Crippen LogP contribution in [0.15, 0.2) is 182 Å². The van der Waals surface area contributed by atoms with Gasteiger partial charge in [-0.05, 0) is 48.2 Å². The molecule has 0 amide bonds. The second-order valence-electron chi connectivity index (χ2n) is 13.9. The molecule has 1 aliphatic carbocycles. The van der Waals surface area contributed by atoms with Gasteiger partial charge in [0.05, 0.1) is 27.9 Å². The second-order valence-corrected chi connectivity index (χ2v) is 13.9. The first-order valence-electron chi connectivity index (χ1n) is 18.3. The van der Waals surface area contributed by atoms with Gasteiger partial charge in [0.25, 0.3) is 0 Å². The quantitative estimate of drug-likeness (QED) is 0.175. The standard InChI is InChI=1S/C49H36N4/c1-33-27-29-36(30-28-33)49-50-42(34-15-4-2-5-16-34)32-46(51-49)53-45-26-13-10-23-41(45)47(35-17-6-3-7-18-35)48(53)37-19-14-20-38(31-37)52-43-24-11-8-21-39(43)40-22-9-12-25-44(40)52/h2-27,29-33H,28H2,1H3. The molecule has 9 aromatic rings. The summed E-state index contributed by atoms with van der Waals surface area (Å²) < 4.78 is 4.75. The number of nitrogens with zero attached hydrogens (tertiary/aromatic N) is 4. The van der Waals surface area contributed by atoms with Crippen LogP contribution < -0.4 is 0 Å². The Bertz CT molecular complexity index is 2820. The molecule has 0 saturated carbocycles. The average Bonchev–Trinajstić information content (AvgIpc) is 3.75. The van der Waals surface area contributed by atoms with E-state index in [2.05, 4.69) is 192 Å². The molecule has 0 aliphatic heterocycles. The van der Waals surface area contributed by atoms with Gasteiger partial charge in [-0.3, -0.25) is 4.57 Å². The lowest BCUT2D eigenvalue weighted by Gasteiger charge is -2.17. The molecule has 53 heavy (non-hydrogen) atoms. The smallest absolute Gasteiger partial charge is 0.161 e. The van der Waals surface area contributed by atoms with E-state index in [-0.39, 0.29) is 0 Å². The van der Waals surface area contributed by atoms with Crippen LogP contribution in [0.2, 0.25) is 0 Å². The molecule has 0 spiro atoms. The molecule has 3 aromatic heterocycles. The van der Waals surface area contributed by atoms with Gasteiger partial charge in [0.1, 0.15) is 5.82 Å². The van der Waals surface area contributed by atoms with Crippen LogP contribution in [-0.2, 0) is 0 Å². The SMILES string of the molecule is CC1C=CC(c2nc(-c3ccccc3)cc(-n3c(-c4cccc(-n5c6ccccc6c6ccccc65)c4)c(-c4ccccc4)c4ccccc43)n2)=CC1. The zero-order chi connectivity index (χ0) is 35.3. The highest BCUT2D eigenvalue weighted by Gasteiger charge is 2.24. The topological polar surface area (TPSA) is 35.6 Å². The molecule has 10 rings (SSSR count). The third kappa shape index (κ3) is 5.30. The van der Waals surface area contributed by atoms with E-state index in [1.807, 2.05) is 6.07 Å². The molecule has 0 radical (unpaired) electrons. The first-order valence-corrected chi connectivity index (χ1v) is 18.3. The van der Waals surface area contributed by atoms with Crippen molar-refractivity contribution in [2.45, 2.75) is 13.3 Å². The van der Waals surface area contributed by atoms with Crippen molar-refractivity contribution >= 4 is 38.3 Å². The third-order valence-corrected chi connectivity index (χ3v) is 10.5. The molecule has 252 valence electrons. The van der Waals surface area contributed by atoms with E-state index >= 15 is 0 Å². The zero-order valence-electron chi connectivity index (χ0n) is 29.4. The Kier molecular flexibility index (Phi) is 7.47. The minimum Gasteiger partial charge on any atom is -0.309 e. The van der Waals surface area contributed by atoms with E-state index in [1.165, 1.54) is 32.8 Å². The number of rotatable bonds is 6. The van der Waals surface area contributed by atoms with Crippen molar-refractivity contribution in [1.29, 1.82) is 0 Å². The van der Waals surface area contributed by atoms with E-state index in [9.17, 15) is 0 Å². The van der Waals surface area contributed by atoms with E-state index in [4.69, 9.17) is 9.97 Å². The lowest BCUT2D eigenvalue weighted by molar-refractivity contribution is 0.738. The summed E-state index contributed by atoms with van der Waals surface area (Å²) in [7, 11) is 0. The van der Waals surface area contributed by atoms with Crippen LogP contribution in [0.25, 0.3) is 83.4 Å². The van der Waals surface area contributed by atoms with Gasteiger partial charge in [-0.25, -0.2) is 9.97 Å². The van der Waals surface area contributed by atoms with Gasteiger partial charge < -0.3 is 4.57 Å². The Morgan fingerprint density at radius 1 is 0.528 bits per heavy atom. The van der Waals surface area contributed by atoms with Crippen LogP contribution >= 0.6 is 0 Å². The molecule has 4 heteroatoms. The van der Waals surface area contributed by atoms with Crippen molar-refractivity contribution in [2.75, 3.05) is 0 Å². The van der Waals surface area contributed by atoms with E-state index in [0.29, 0.717) is 5.92 Å². The van der Waals surface area contributed by atoms with Crippen molar-refractivity contribution in [2.24, 2.45) is 5.92 Å². The Hall–Kier alpha value is -6.78.